The van der Waals surface area contributed by atoms with Crippen molar-refractivity contribution in [2.24, 2.45) is 0 Å². The third-order valence-electron chi connectivity index (χ3n) is 7.21. The lowest BCUT2D eigenvalue weighted by Gasteiger charge is -2.40. The summed E-state index contributed by atoms with van der Waals surface area (Å²) in [5.74, 6) is 1.29. The zero-order chi connectivity index (χ0) is 24.6. The van der Waals surface area contributed by atoms with Gasteiger partial charge in [-0.3, -0.25) is 10.1 Å². The minimum absolute atomic E-state index is 0.0965. The maximum atomic E-state index is 13.4. The smallest absolute Gasteiger partial charge is 0.323 e. The molecular weight excluding hydrogens is 454 g/mol. The molecule has 0 spiro atoms. The van der Waals surface area contributed by atoms with Crippen LogP contribution < -0.4 is 10.2 Å². The van der Waals surface area contributed by atoms with Crippen molar-refractivity contribution < 1.29 is 9.59 Å². The Balaban J connectivity index is 1.18. The van der Waals surface area contributed by atoms with Gasteiger partial charge in [-0.25, -0.2) is 19.7 Å². The van der Waals surface area contributed by atoms with E-state index in [1.807, 2.05) is 47.5 Å². The van der Waals surface area contributed by atoms with Crippen LogP contribution in [0.5, 0.6) is 0 Å². The fourth-order valence-electron chi connectivity index (χ4n) is 5.28. The lowest BCUT2D eigenvalue weighted by atomic mass is 10.0. The molecule has 2 aliphatic rings. The van der Waals surface area contributed by atoms with Crippen LogP contribution in [0.3, 0.4) is 0 Å². The first-order chi connectivity index (χ1) is 17.6. The van der Waals surface area contributed by atoms with Crippen LogP contribution in [-0.2, 0) is 13.1 Å². The van der Waals surface area contributed by atoms with Gasteiger partial charge < -0.3 is 14.4 Å². The number of hydrogen-bond donors (Lipinski definition) is 1. The Labute approximate surface area is 208 Å². The summed E-state index contributed by atoms with van der Waals surface area (Å²) in [6, 6.07) is 13.7. The van der Waals surface area contributed by atoms with Gasteiger partial charge in [-0.1, -0.05) is 24.3 Å². The maximum absolute atomic E-state index is 13.4. The number of carbonyl (C=O) groups is 2. The Morgan fingerprint density at radius 3 is 2.75 bits per heavy atom. The van der Waals surface area contributed by atoms with E-state index in [-0.39, 0.29) is 17.9 Å². The predicted molar refractivity (Wildman–Crippen MR) is 137 cm³/mol. The summed E-state index contributed by atoms with van der Waals surface area (Å²) >= 11 is 0. The lowest BCUT2D eigenvalue weighted by Crippen LogP contribution is -2.50. The van der Waals surface area contributed by atoms with Crippen molar-refractivity contribution >= 4 is 34.4 Å². The van der Waals surface area contributed by atoms with Crippen LogP contribution in [0.15, 0.2) is 61.2 Å². The predicted octanol–water partition coefficient (Wildman–Crippen LogP) is 4.09. The average Bonchev–Trinajstić information content (AvgIpc) is 3.31. The Morgan fingerprint density at radius 1 is 1.08 bits per heavy atom. The number of aryl methyl sites for hydroxylation is 1. The number of nitrogens with one attached hydrogen (secondary N) is 1. The molecule has 1 aromatic carbocycles. The van der Waals surface area contributed by atoms with Gasteiger partial charge in [-0.05, 0) is 31.9 Å². The molecular formula is C27H27N7O2. The van der Waals surface area contributed by atoms with Gasteiger partial charge >= 0.3 is 6.03 Å². The number of para-hydroxylation sites is 1. The van der Waals surface area contributed by atoms with Crippen molar-refractivity contribution in [1.82, 2.24) is 24.4 Å². The SMILES string of the molecule is CCn1cc(C(=O)c2cc(N3CCC(N4Cc5cccnc5NC4=O)CC3)ncn2)c2ccccc21. The summed E-state index contributed by atoms with van der Waals surface area (Å²) in [6.07, 6.45) is 6.71. The summed E-state index contributed by atoms with van der Waals surface area (Å²) in [5.41, 5.74) is 3.12. The highest BCUT2D eigenvalue weighted by Gasteiger charge is 2.32. The summed E-state index contributed by atoms with van der Waals surface area (Å²) in [4.78, 5) is 43.2. The Kier molecular flexibility index (Phi) is 5.59. The molecule has 2 amide bonds. The van der Waals surface area contributed by atoms with E-state index in [1.54, 1.807) is 12.3 Å². The highest BCUT2D eigenvalue weighted by molar-refractivity contribution is 6.15. The van der Waals surface area contributed by atoms with Crippen molar-refractivity contribution in [2.45, 2.75) is 38.9 Å². The molecule has 9 heteroatoms. The van der Waals surface area contributed by atoms with E-state index in [0.29, 0.717) is 23.6 Å². The molecule has 3 aromatic heterocycles. The van der Waals surface area contributed by atoms with E-state index in [0.717, 1.165) is 54.8 Å². The van der Waals surface area contributed by atoms with Gasteiger partial charge in [-0.2, -0.15) is 0 Å². The molecule has 0 radical (unpaired) electrons. The van der Waals surface area contributed by atoms with Crippen molar-refractivity contribution in [3.8, 4) is 0 Å². The number of carbonyl (C=O) groups excluding carboxylic acids is 2. The van der Waals surface area contributed by atoms with Gasteiger partial charge in [-0.15, -0.1) is 0 Å². The molecule has 4 aromatic rings. The second-order valence-electron chi connectivity index (χ2n) is 9.22. The third kappa shape index (κ3) is 3.86. The fourth-order valence-corrected chi connectivity index (χ4v) is 5.28. The van der Waals surface area contributed by atoms with E-state index in [2.05, 4.69) is 36.7 Å². The monoisotopic (exact) mass is 481 g/mol. The van der Waals surface area contributed by atoms with E-state index < -0.39 is 0 Å². The molecule has 36 heavy (non-hydrogen) atoms. The number of fused-ring (bicyclic) bond motifs is 2. The number of anilines is 2. The quantitative estimate of drug-likeness (QED) is 0.431. The van der Waals surface area contributed by atoms with Crippen molar-refractivity contribution in [3.05, 3.63) is 78.0 Å². The van der Waals surface area contributed by atoms with Crippen molar-refractivity contribution in [2.75, 3.05) is 23.3 Å². The van der Waals surface area contributed by atoms with Crippen LogP contribution in [0.25, 0.3) is 10.9 Å². The molecule has 5 heterocycles. The minimum atomic E-state index is -0.103. The number of piperidine rings is 1. The van der Waals surface area contributed by atoms with Gasteiger partial charge in [0, 0.05) is 66.2 Å². The first-order valence-electron chi connectivity index (χ1n) is 12.3. The number of hydrogen-bond acceptors (Lipinski definition) is 6. The van der Waals surface area contributed by atoms with Crippen LogP contribution in [0, 0.1) is 0 Å². The highest BCUT2D eigenvalue weighted by atomic mass is 16.2. The standard InChI is InChI=1S/C27H27N7O2/c1-2-32-16-21(20-7-3-4-8-23(20)32)25(35)22-14-24(30-17-29-22)33-12-9-19(10-13-33)34-15-18-6-5-11-28-26(18)31-27(34)36/h3-8,11,14,16-17,19H,2,9-10,12-13,15H2,1H3,(H,28,31,36). The Morgan fingerprint density at radius 2 is 1.92 bits per heavy atom. The fraction of sp³-hybridized carbons (Fsp3) is 0.296. The number of amides is 2. The van der Waals surface area contributed by atoms with Crippen LogP contribution >= 0.6 is 0 Å². The molecule has 0 atom stereocenters. The van der Waals surface area contributed by atoms with Crippen molar-refractivity contribution in [1.29, 1.82) is 0 Å². The van der Waals surface area contributed by atoms with Crippen LogP contribution in [-0.4, -0.2) is 55.4 Å². The first kappa shape index (κ1) is 22.2. The minimum Gasteiger partial charge on any atom is -0.356 e. The van der Waals surface area contributed by atoms with Crippen molar-refractivity contribution in [3.63, 3.8) is 0 Å². The number of ketones is 1. The number of rotatable bonds is 5. The maximum Gasteiger partial charge on any atom is 0.323 e. The van der Waals surface area contributed by atoms with E-state index in [1.165, 1.54) is 6.33 Å². The van der Waals surface area contributed by atoms with Gasteiger partial charge in [0.05, 0.1) is 6.54 Å². The molecule has 1 saturated heterocycles. The number of urea groups is 1. The Hall–Kier alpha value is -4.27. The molecule has 0 unspecified atom stereocenters. The summed E-state index contributed by atoms with van der Waals surface area (Å²) in [7, 11) is 0. The number of aromatic nitrogens is 4. The molecule has 6 rings (SSSR count). The lowest BCUT2D eigenvalue weighted by molar-refractivity contribution is 0.103. The second-order valence-corrected chi connectivity index (χ2v) is 9.22. The van der Waals surface area contributed by atoms with Crippen LogP contribution in [0.2, 0.25) is 0 Å². The third-order valence-corrected chi connectivity index (χ3v) is 7.21. The highest BCUT2D eigenvalue weighted by Crippen LogP contribution is 2.28. The summed E-state index contributed by atoms with van der Waals surface area (Å²) < 4.78 is 2.08. The van der Waals surface area contributed by atoms with Crippen LogP contribution in [0.1, 0.15) is 41.4 Å². The zero-order valence-corrected chi connectivity index (χ0v) is 20.1. The molecule has 0 aliphatic carbocycles. The van der Waals surface area contributed by atoms with E-state index in [4.69, 9.17) is 0 Å². The Bertz CT molecular complexity index is 1460. The molecule has 2 aliphatic heterocycles. The van der Waals surface area contributed by atoms with Gasteiger partial charge in [0.15, 0.2) is 0 Å². The topological polar surface area (TPSA) is 96.2 Å². The zero-order valence-electron chi connectivity index (χ0n) is 20.1. The summed E-state index contributed by atoms with van der Waals surface area (Å²) in [6.45, 7) is 4.91. The molecule has 1 N–H and O–H groups in total. The molecule has 1 fully saturated rings. The molecule has 9 nitrogen and oxygen atoms in total. The second kappa shape index (κ2) is 9.07. The van der Waals surface area contributed by atoms with Crippen LogP contribution in [0.4, 0.5) is 16.4 Å². The number of pyridine rings is 1. The number of nitrogens with zero attached hydrogens (tertiary/aromatic N) is 6. The largest absolute Gasteiger partial charge is 0.356 e. The first-order valence-corrected chi connectivity index (χ1v) is 12.3. The normalized spacial score (nSPS) is 16.2. The number of benzene rings is 1. The molecule has 0 saturated carbocycles. The van der Waals surface area contributed by atoms with E-state index in [9.17, 15) is 9.59 Å². The van der Waals surface area contributed by atoms with Gasteiger partial charge in [0.2, 0.25) is 5.78 Å². The summed E-state index contributed by atoms with van der Waals surface area (Å²) in [5, 5.41) is 3.84. The van der Waals surface area contributed by atoms with E-state index >= 15 is 0 Å². The van der Waals surface area contributed by atoms with Gasteiger partial charge in [0.1, 0.15) is 23.7 Å². The average molecular weight is 482 g/mol. The molecule has 182 valence electrons. The molecule has 0 bridgehead atoms. The van der Waals surface area contributed by atoms with Gasteiger partial charge in [0.25, 0.3) is 0 Å².